The van der Waals surface area contributed by atoms with Crippen LogP contribution in [0.25, 0.3) is 0 Å². The smallest absolute Gasteiger partial charge is 0.744 e. The molecule has 0 aliphatic rings. The van der Waals surface area contributed by atoms with Crippen molar-refractivity contribution in [2.75, 3.05) is 10.9 Å². The van der Waals surface area contributed by atoms with Crippen LogP contribution in [0.1, 0.15) is 11.1 Å². The molecule has 0 fully saturated rings. The second-order valence-electron chi connectivity index (χ2n) is 6.50. The predicted octanol–water partition coefficient (Wildman–Crippen LogP) is -2.34. The molecule has 0 aliphatic carbocycles. The molecule has 0 aromatic heterocycles. The van der Waals surface area contributed by atoms with Crippen molar-refractivity contribution in [1.82, 2.24) is 0 Å². The van der Waals surface area contributed by atoms with Crippen molar-refractivity contribution in [3.8, 4) is 0 Å². The Balaban J connectivity index is 0.00000341. The molecule has 0 bridgehead atoms. The molecule has 3 aromatic carbocycles. The molecular formula is C20H17N4NaO5S. The topological polar surface area (TPSA) is 140 Å². The second kappa shape index (κ2) is 10.1. The predicted molar refractivity (Wildman–Crippen MR) is 110 cm³/mol. The molecule has 0 aliphatic heterocycles. The second-order valence-corrected chi connectivity index (χ2v) is 7.88. The van der Waals surface area contributed by atoms with Crippen molar-refractivity contribution in [3.63, 3.8) is 0 Å². The van der Waals surface area contributed by atoms with Crippen LogP contribution in [0, 0.1) is 13.8 Å². The van der Waals surface area contributed by atoms with E-state index >= 15 is 0 Å². The van der Waals surface area contributed by atoms with Crippen LogP contribution in [0.15, 0.2) is 79.3 Å². The minimum atomic E-state index is -4.55. The average molecular weight is 448 g/mol. The molecule has 3 aromatic rings. The molecule has 9 nitrogen and oxygen atoms in total. The van der Waals surface area contributed by atoms with E-state index < -0.39 is 21.0 Å². The summed E-state index contributed by atoms with van der Waals surface area (Å²) in [6, 6.07) is 12.9. The van der Waals surface area contributed by atoms with Crippen LogP contribution in [0.4, 0.5) is 11.4 Å². The average Bonchev–Trinajstić information content (AvgIpc) is 2.68. The first-order valence-electron chi connectivity index (χ1n) is 8.73. The van der Waals surface area contributed by atoms with E-state index in [1.54, 1.807) is 6.07 Å². The van der Waals surface area contributed by atoms with Gasteiger partial charge >= 0.3 is 29.6 Å². The van der Waals surface area contributed by atoms with E-state index in [-0.39, 0.29) is 45.2 Å². The molecule has 11 heteroatoms. The van der Waals surface area contributed by atoms with Gasteiger partial charge in [-0.3, -0.25) is 20.4 Å². The number of nitrogens with zero attached hydrogens (tertiary/aromatic N) is 2. The maximum Gasteiger partial charge on any atom is 1.00 e. The van der Waals surface area contributed by atoms with E-state index in [9.17, 15) is 22.6 Å². The number of nitrogens with one attached hydrogen (secondary N) is 2. The summed E-state index contributed by atoms with van der Waals surface area (Å²) >= 11 is 0. The Morgan fingerprint density at radius 1 is 0.871 bits per heavy atom. The fraction of sp³-hybridized carbons (Fsp3) is 0.100. The van der Waals surface area contributed by atoms with Gasteiger partial charge in [0.05, 0.1) is 16.3 Å². The number of rotatable bonds is 5. The van der Waals surface area contributed by atoms with Gasteiger partial charge in [-0.15, -0.1) is 0 Å². The van der Waals surface area contributed by atoms with Gasteiger partial charge in [0.1, 0.15) is 15.5 Å². The maximum atomic E-state index is 12.6. The summed E-state index contributed by atoms with van der Waals surface area (Å²) in [7, 11) is -4.55. The Morgan fingerprint density at radius 3 is 2.16 bits per heavy atom. The molecule has 0 amide bonds. The number of hydrogen-bond acceptors (Lipinski definition) is 9. The normalized spacial score (nSPS) is 12.4. The molecule has 154 valence electrons. The minimum Gasteiger partial charge on any atom is -0.744 e. The fourth-order valence-corrected chi connectivity index (χ4v) is 3.08. The van der Waals surface area contributed by atoms with Gasteiger partial charge in [-0.25, -0.2) is 8.42 Å². The van der Waals surface area contributed by atoms with Crippen molar-refractivity contribution < 1.29 is 42.5 Å². The summed E-state index contributed by atoms with van der Waals surface area (Å²) in [5.41, 5.74) is 7.07. The van der Waals surface area contributed by atoms with Gasteiger partial charge in [0.2, 0.25) is 10.9 Å². The van der Waals surface area contributed by atoms with Crippen molar-refractivity contribution >= 4 is 21.5 Å². The minimum absolute atomic E-state index is 0. The fourth-order valence-electron chi connectivity index (χ4n) is 2.61. The van der Waals surface area contributed by atoms with Gasteiger partial charge < -0.3 is 4.55 Å². The molecule has 0 spiro atoms. The number of hydrogen-bond donors (Lipinski definition) is 2. The van der Waals surface area contributed by atoms with Crippen LogP contribution >= 0.6 is 0 Å². The first-order chi connectivity index (χ1) is 14.1. The van der Waals surface area contributed by atoms with Crippen LogP contribution in [0.3, 0.4) is 0 Å². The van der Waals surface area contributed by atoms with Crippen molar-refractivity contribution in [3.05, 3.63) is 96.9 Å². The molecule has 2 N–H and O–H groups in total. The summed E-state index contributed by atoms with van der Waals surface area (Å²) in [5.74, 6) is 0. The summed E-state index contributed by atoms with van der Waals surface area (Å²) in [4.78, 5) is 24.3. The van der Waals surface area contributed by atoms with Crippen molar-refractivity contribution in [2.45, 2.75) is 18.7 Å². The van der Waals surface area contributed by atoms with E-state index in [4.69, 9.17) is 0 Å². The SMILES string of the molecule is Cc1ccc(N/N=c2\c(=O)cc/c(=N\Nc3ccc(S(=O)(=O)[O-])cc3)c2=O)c(C)c1.[Na+]. The monoisotopic (exact) mass is 448 g/mol. The first-order valence-corrected chi connectivity index (χ1v) is 10.1. The van der Waals surface area contributed by atoms with E-state index in [1.807, 2.05) is 26.0 Å². The third-order valence-electron chi connectivity index (χ3n) is 4.19. The van der Waals surface area contributed by atoms with Gasteiger partial charge in [0, 0.05) is 0 Å². The number of anilines is 2. The quantitative estimate of drug-likeness (QED) is 0.253. The molecule has 0 unspecified atom stereocenters. The van der Waals surface area contributed by atoms with E-state index in [1.165, 1.54) is 24.3 Å². The summed E-state index contributed by atoms with van der Waals surface area (Å²) < 4.78 is 32.9. The standard InChI is InChI=1S/C20H18N4O5S.Na/c1-12-3-8-16(13(2)11-12)22-24-19-18(25)10-9-17(20(19)26)23-21-14-4-6-15(7-5-14)30(27,28)29;/h3-11,21-22H,1-2H3,(H,27,28,29);/q;+1/p-1/b23-17+,24-19+;. The van der Waals surface area contributed by atoms with Gasteiger partial charge in [0.15, 0.2) is 5.36 Å². The Morgan fingerprint density at radius 2 is 1.55 bits per heavy atom. The van der Waals surface area contributed by atoms with Crippen LogP contribution in [0.2, 0.25) is 0 Å². The maximum absolute atomic E-state index is 12.6. The Kier molecular flexibility index (Phi) is 8.04. The Labute approximate surface area is 199 Å². The summed E-state index contributed by atoms with van der Waals surface area (Å²) in [5, 5.41) is 7.52. The van der Waals surface area contributed by atoms with Crippen LogP contribution in [0.5, 0.6) is 0 Å². The zero-order valence-corrected chi connectivity index (χ0v) is 19.9. The Hall–Kier alpha value is -2.63. The van der Waals surface area contributed by atoms with Gasteiger partial charge in [-0.1, -0.05) is 17.7 Å². The summed E-state index contributed by atoms with van der Waals surface area (Å²) in [6.45, 7) is 3.82. The molecule has 31 heavy (non-hydrogen) atoms. The molecule has 0 saturated carbocycles. The zero-order chi connectivity index (χ0) is 21.9. The summed E-state index contributed by atoms with van der Waals surface area (Å²) in [6.07, 6.45) is 0. The van der Waals surface area contributed by atoms with E-state index in [0.717, 1.165) is 23.3 Å². The van der Waals surface area contributed by atoms with Gasteiger partial charge in [-0.2, -0.15) is 10.2 Å². The van der Waals surface area contributed by atoms with E-state index in [2.05, 4.69) is 21.1 Å². The molecule has 0 atom stereocenters. The van der Waals surface area contributed by atoms with Crippen molar-refractivity contribution in [2.24, 2.45) is 10.2 Å². The van der Waals surface area contributed by atoms with Crippen molar-refractivity contribution in [1.29, 1.82) is 0 Å². The first kappa shape index (κ1) is 24.6. The molecule has 0 heterocycles. The van der Waals surface area contributed by atoms with E-state index in [0.29, 0.717) is 11.4 Å². The third-order valence-corrected chi connectivity index (χ3v) is 5.04. The third kappa shape index (κ3) is 6.18. The van der Waals surface area contributed by atoms with Gasteiger partial charge in [-0.05, 0) is 61.9 Å². The molecule has 0 radical (unpaired) electrons. The number of benzene rings is 3. The molecule has 0 saturated heterocycles. The Bertz CT molecular complexity index is 1430. The zero-order valence-electron chi connectivity index (χ0n) is 17.0. The van der Waals surface area contributed by atoms with Crippen LogP contribution in [-0.4, -0.2) is 13.0 Å². The molecular weight excluding hydrogens is 431 g/mol. The van der Waals surface area contributed by atoms with Crippen LogP contribution < -0.4 is 62.0 Å². The largest absolute Gasteiger partial charge is 1.00 e. The molecule has 3 rings (SSSR count). The van der Waals surface area contributed by atoms with Crippen LogP contribution in [-0.2, 0) is 10.1 Å². The van der Waals surface area contributed by atoms with Gasteiger partial charge in [0.25, 0.3) is 0 Å². The number of aryl methyl sites for hydroxylation is 2.